The summed E-state index contributed by atoms with van der Waals surface area (Å²) in [6, 6.07) is 8.47. The summed E-state index contributed by atoms with van der Waals surface area (Å²) in [5, 5.41) is 11.0. The maximum atomic E-state index is 12.6. The molecule has 1 aromatic carbocycles. The van der Waals surface area contributed by atoms with E-state index in [2.05, 4.69) is 54.6 Å². The summed E-state index contributed by atoms with van der Waals surface area (Å²) in [6.45, 7) is 10.2. The molecule has 6 heteroatoms. The number of carbonyl (C=O) groups excluding carboxylic acids is 1. The number of aryl methyl sites for hydroxylation is 3. The first kappa shape index (κ1) is 18.5. The van der Waals surface area contributed by atoms with Crippen molar-refractivity contribution in [2.75, 3.05) is 0 Å². The molecule has 142 valence electrons. The minimum Gasteiger partial charge on any atom is -0.318 e. The number of carbonyl (C=O) groups is 1. The number of nitrogens with zero attached hydrogens (tertiary/aromatic N) is 3. The molecule has 2 aliphatic rings. The Morgan fingerprint density at radius 2 is 1.86 bits per heavy atom. The normalized spacial score (nSPS) is 17.9. The molecule has 1 aromatic heterocycles. The highest BCUT2D eigenvalue weighted by atomic mass is 32.2. The summed E-state index contributed by atoms with van der Waals surface area (Å²) in [7, 11) is 0. The molecule has 5 nitrogen and oxygen atoms in total. The monoisotopic (exact) mass is 390 g/mol. The van der Waals surface area contributed by atoms with Gasteiger partial charge in [0.25, 0.3) is 5.91 Å². The van der Waals surface area contributed by atoms with Crippen LogP contribution in [0.15, 0.2) is 45.9 Å². The van der Waals surface area contributed by atoms with Crippen molar-refractivity contribution >= 4 is 34.7 Å². The Balaban J connectivity index is 1.82. The summed E-state index contributed by atoms with van der Waals surface area (Å²) in [5.74, 6) is -0.173. The van der Waals surface area contributed by atoms with Crippen LogP contribution in [0, 0.1) is 33.1 Å². The molecule has 0 radical (unpaired) electrons. The molecule has 0 saturated heterocycles. The highest BCUT2D eigenvalue weighted by Gasteiger charge is 2.34. The Hall–Kier alpha value is -2.86. The second-order valence-corrected chi connectivity index (χ2v) is 8.11. The Labute approximate surface area is 169 Å². The van der Waals surface area contributed by atoms with Gasteiger partial charge in [-0.25, -0.2) is 0 Å². The highest BCUT2D eigenvalue weighted by Crippen LogP contribution is 2.33. The van der Waals surface area contributed by atoms with Crippen molar-refractivity contribution in [3.63, 3.8) is 0 Å². The number of rotatable bonds is 2. The number of amides is 1. The molecular weight excluding hydrogens is 368 g/mol. The first-order valence-corrected chi connectivity index (χ1v) is 9.99. The van der Waals surface area contributed by atoms with Crippen molar-refractivity contribution < 1.29 is 4.79 Å². The van der Waals surface area contributed by atoms with E-state index in [0.29, 0.717) is 10.7 Å². The third kappa shape index (κ3) is 2.85. The molecule has 0 unspecified atom stereocenters. The molecule has 1 N–H and O–H groups in total. The fourth-order valence-electron chi connectivity index (χ4n) is 3.66. The van der Waals surface area contributed by atoms with Gasteiger partial charge in [-0.15, -0.1) is 0 Å². The van der Waals surface area contributed by atoms with Gasteiger partial charge in [-0.3, -0.25) is 15.1 Å². The number of fused-ring (bicyclic) bond motifs is 1. The van der Waals surface area contributed by atoms with E-state index in [1.54, 1.807) is 11.0 Å². The smallest absolute Gasteiger partial charge is 0.283 e. The quantitative estimate of drug-likeness (QED) is 0.744. The van der Waals surface area contributed by atoms with Crippen molar-refractivity contribution in [3.8, 4) is 5.69 Å². The lowest BCUT2D eigenvalue weighted by Gasteiger charge is -2.25. The molecule has 0 saturated carbocycles. The van der Waals surface area contributed by atoms with Gasteiger partial charge >= 0.3 is 0 Å². The molecule has 2 aromatic rings. The Bertz CT molecular complexity index is 1130. The largest absolute Gasteiger partial charge is 0.318 e. The van der Waals surface area contributed by atoms with E-state index in [-0.39, 0.29) is 11.7 Å². The number of hydrogen-bond acceptors (Lipinski definition) is 3. The summed E-state index contributed by atoms with van der Waals surface area (Å²) >= 11 is 1.38. The number of hydrogen-bond donors (Lipinski definition) is 1. The van der Waals surface area contributed by atoms with E-state index in [0.717, 1.165) is 28.3 Å². The zero-order valence-electron chi connectivity index (χ0n) is 16.6. The Kier molecular flexibility index (Phi) is 4.38. The predicted molar refractivity (Wildman–Crippen MR) is 116 cm³/mol. The minimum absolute atomic E-state index is 0.185. The maximum Gasteiger partial charge on any atom is 0.283 e. The molecule has 0 aliphatic carbocycles. The second kappa shape index (κ2) is 6.63. The van der Waals surface area contributed by atoms with E-state index in [1.807, 2.05) is 19.3 Å². The fraction of sp³-hybridized carbons (Fsp3) is 0.227. The molecular formula is C22H22N4OS. The third-order valence-corrected chi connectivity index (χ3v) is 6.10. The molecule has 3 heterocycles. The number of aromatic nitrogens is 1. The lowest BCUT2D eigenvalue weighted by atomic mass is 10.1. The van der Waals surface area contributed by atoms with Gasteiger partial charge in [0.2, 0.25) is 0 Å². The SMILES string of the molecule is CC1=CSC2=NC(=O)C(=Cc3cc(C)n(-c4cc(C)ccc4C)c3C)C(=N)N12. The minimum atomic E-state index is -0.358. The van der Waals surface area contributed by atoms with Gasteiger partial charge in [0.05, 0.1) is 5.57 Å². The number of amidine groups is 2. The van der Waals surface area contributed by atoms with Crippen molar-refractivity contribution in [1.82, 2.24) is 9.47 Å². The molecule has 0 bridgehead atoms. The molecule has 0 fully saturated rings. The van der Waals surface area contributed by atoms with E-state index in [1.165, 1.54) is 22.9 Å². The lowest BCUT2D eigenvalue weighted by Crippen LogP contribution is -2.37. The van der Waals surface area contributed by atoms with E-state index in [9.17, 15) is 4.79 Å². The van der Waals surface area contributed by atoms with Crippen molar-refractivity contribution in [2.45, 2.75) is 34.6 Å². The van der Waals surface area contributed by atoms with Crippen LogP contribution in [0.5, 0.6) is 0 Å². The average Bonchev–Trinajstić information content (AvgIpc) is 3.13. The molecule has 2 aliphatic heterocycles. The summed E-state index contributed by atoms with van der Waals surface area (Å²) in [6.07, 6.45) is 1.80. The fourth-order valence-corrected chi connectivity index (χ4v) is 4.52. The van der Waals surface area contributed by atoms with Gasteiger partial charge in [0.1, 0.15) is 5.84 Å². The Morgan fingerprint density at radius 1 is 1.11 bits per heavy atom. The molecule has 4 rings (SSSR count). The van der Waals surface area contributed by atoms with Gasteiger partial charge in [0, 0.05) is 22.8 Å². The van der Waals surface area contributed by atoms with Crippen LogP contribution >= 0.6 is 11.8 Å². The molecule has 28 heavy (non-hydrogen) atoms. The maximum absolute atomic E-state index is 12.6. The van der Waals surface area contributed by atoms with Crippen LogP contribution in [0.4, 0.5) is 0 Å². The number of nitrogens with one attached hydrogen (secondary N) is 1. The summed E-state index contributed by atoms with van der Waals surface area (Å²) < 4.78 is 2.21. The van der Waals surface area contributed by atoms with Crippen LogP contribution < -0.4 is 0 Å². The van der Waals surface area contributed by atoms with Crippen LogP contribution in [0.1, 0.15) is 35.0 Å². The topological polar surface area (TPSA) is 61.5 Å². The first-order chi connectivity index (χ1) is 13.3. The van der Waals surface area contributed by atoms with E-state index in [4.69, 9.17) is 5.41 Å². The lowest BCUT2D eigenvalue weighted by molar-refractivity contribution is -0.114. The van der Waals surface area contributed by atoms with Crippen LogP contribution in [0.2, 0.25) is 0 Å². The Morgan fingerprint density at radius 3 is 2.61 bits per heavy atom. The molecule has 0 spiro atoms. The van der Waals surface area contributed by atoms with Crippen molar-refractivity contribution in [3.05, 3.63) is 69.0 Å². The van der Waals surface area contributed by atoms with Gasteiger partial charge in [-0.1, -0.05) is 23.9 Å². The summed E-state index contributed by atoms with van der Waals surface area (Å²) in [4.78, 5) is 18.5. The van der Waals surface area contributed by atoms with E-state index < -0.39 is 0 Å². The first-order valence-electron chi connectivity index (χ1n) is 9.11. The molecule has 0 atom stereocenters. The van der Waals surface area contributed by atoms with Gasteiger partial charge in [0.15, 0.2) is 5.17 Å². The van der Waals surface area contributed by atoms with Crippen LogP contribution in [-0.2, 0) is 4.79 Å². The van der Waals surface area contributed by atoms with Crippen LogP contribution in [0.3, 0.4) is 0 Å². The van der Waals surface area contributed by atoms with Crippen LogP contribution in [-0.4, -0.2) is 26.4 Å². The number of allylic oxidation sites excluding steroid dienone is 1. The molecule has 1 amide bonds. The summed E-state index contributed by atoms with van der Waals surface area (Å²) in [5.41, 5.74) is 7.82. The number of thioether (sulfide) groups is 1. The highest BCUT2D eigenvalue weighted by molar-refractivity contribution is 8.16. The van der Waals surface area contributed by atoms with Crippen molar-refractivity contribution in [1.29, 1.82) is 5.41 Å². The van der Waals surface area contributed by atoms with Crippen molar-refractivity contribution in [2.24, 2.45) is 4.99 Å². The van der Waals surface area contributed by atoms with Gasteiger partial charge in [-0.05, 0) is 74.9 Å². The van der Waals surface area contributed by atoms with Gasteiger partial charge < -0.3 is 4.57 Å². The predicted octanol–water partition coefficient (Wildman–Crippen LogP) is 4.88. The standard InChI is InChI=1S/C22H22N4OS/c1-12-6-7-13(2)19(8-12)25-14(3)9-17(16(25)5)10-18-20(23)26-15(4)11-28-22(26)24-21(18)27/h6-11,23H,1-5H3. The van der Waals surface area contributed by atoms with Crippen LogP contribution in [0.25, 0.3) is 11.8 Å². The second-order valence-electron chi connectivity index (χ2n) is 7.27. The average molecular weight is 391 g/mol. The zero-order chi connectivity index (χ0) is 20.2. The number of benzene rings is 1. The number of aliphatic imine (C=N–C) groups is 1. The van der Waals surface area contributed by atoms with E-state index >= 15 is 0 Å². The van der Waals surface area contributed by atoms with Gasteiger partial charge in [-0.2, -0.15) is 4.99 Å². The zero-order valence-corrected chi connectivity index (χ0v) is 17.4. The third-order valence-electron chi connectivity index (χ3n) is 5.16.